The third-order valence-electron chi connectivity index (χ3n) is 3.55. The van der Waals surface area contributed by atoms with E-state index in [9.17, 15) is 31.4 Å². The summed E-state index contributed by atoms with van der Waals surface area (Å²) in [6.45, 7) is 0.784. The molecular formula is C13H14F6N2O. The van der Waals surface area contributed by atoms with Crippen LogP contribution in [0.15, 0.2) is 12.1 Å². The molecule has 3 nitrogen and oxygen atoms in total. The summed E-state index contributed by atoms with van der Waals surface area (Å²) in [7, 11) is 0. The number of hydrogen-bond donors (Lipinski definition) is 2. The maximum absolute atomic E-state index is 13.4. The predicted molar refractivity (Wildman–Crippen MR) is 66.3 cm³/mol. The molecule has 1 heterocycles. The van der Waals surface area contributed by atoms with Crippen LogP contribution in [0.2, 0.25) is 0 Å². The van der Waals surface area contributed by atoms with Gasteiger partial charge in [-0.15, -0.1) is 0 Å². The van der Waals surface area contributed by atoms with Crippen molar-refractivity contribution in [2.75, 3.05) is 26.2 Å². The zero-order valence-electron chi connectivity index (χ0n) is 11.3. The number of aromatic hydroxyl groups is 1. The number of phenols is 1. The van der Waals surface area contributed by atoms with Crippen molar-refractivity contribution < 1.29 is 31.4 Å². The fourth-order valence-electron chi connectivity index (χ4n) is 2.56. The van der Waals surface area contributed by atoms with E-state index in [1.54, 1.807) is 0 Å². The molecular weight excluding hydrogens is 314 g/mol. The van der Waals surface area contributed by atoms with Crippen LogP contribution < -0.4 is 5.32 Å². The Labute approximate surface area is 122 Å². The lowest BCUT2D eigenvalue weighted by Crippen LogP contribution is -2.47. The summed E-state index contributed by atoms with van der Waals surface area (Å²) in [5.41, 5.74) is -2.56. The van der Waals surface area contributed by atoms with E-state index in [0.717, 1.165) is 4.90 Å². The summed E-state index contributed by atoms with van der Waals surface area (Å²) in [6.07, 6.45) is -8.17. The van der Waals surface area contributed by atoms with Crippen LogP contribution in [0.4, 0.5) is 26.3 Å². The molecule has 1 atom stereocenters. The van der Waals surface area contributed by atoms with E-state index in [0.29, 0.717) is 25.2 Å². The van der Waals surface area contributed by atoms with Crippen molar-refractivity contribution in [1.82, 2.24) is 10.2 Å². The highest BCUT2D eigenvalue weighted by molar-refractivity contribution is 5.44. The second-order valence-corrected chi connectivity index (χ2v) is 4.92. The summed E-state index contributed by atoms with van der Waals surface area (Å²) in [5.74, 6) is -2.73. The Hall–Kier alpha value is -1.48. The van der Waals surface area contributed by atoms with Gasteiger partial charge in [-0.1, -0.05) is 0 Å². The first-order valence-corrected chi connectivity index (χ1v) is 6.55. The summed E-state index contributed by atoms with van der Waals surface area (Å²) < 4.78 is 79.3. The molecule has 1 aliphatic rings. The van der Waals surface area contributed by atoms with Crippen molar-refractivity contribution in [2.24, 2.45) is 0 Å². The van der Waals surface area contributed by atoms with Crippen molar-refractivity contribution in [3.8, 4) is 5.75 Å². The highest BCUT2D eigenvalue weighted by atomic mass is 19.4. The fourth-order valence-corrected chi connectivity index (χ4v) is 2.56. The molecule has 1 fully saturated rings. The van der Waals surface area contributed by atoms with Gasteiger partial charge in [-0.3, -0.25) is 4.90 Å². The van der Waals surface area contributed by atoms with Crippen molar-refractivity contribution >= 4 is 0 Å². The molecule has 22 heavy (non-hydrogen) atoms. The van der Waals surface area contributed by atoms with Crippen LogP contribution >= 0.6 is 0 Å². The van der Waals surface area contributed by atoms with Gasteiger partial charge in [-0.25, -0.2) is 13.2 Å². The van der Waals surface area contributed by atoms with E-state index in [-0.39, 0.29) is 13.1 Å². The lowest BCUT2D eigenvalue weighted by atomic mass is 9.96. The Morgan fingerprint density at radius 2 is 1.73 bits per heavy atom. The van der Waals surface area contributed by atoms with Crippen molar-refractivity contribution in [3.63, 3.8) is 0 Å². The molecule has 1 saturated heterocycles. The van der Waals surface area contributed by atoms with Crippen LogP contribution in [0.25, 0.3) is 0 Å². The number of benzene rings is 1. The molecule has 0 spiro atoms. The van der Waals surface area contributed by atoms with E-state index in [4.69, 9.17) is 0 Å². The van der Waals surface area contributed by atoms with Gasteiger partial charge in [0.05, 0.1) is 5.56 Å². The summed E-state index contributed by atoms with van der Waals surface area (Å²) in [5, 5.41) is 12.5. The first-order valence-electron chi connectivity index (χ1n) is 6.55. The largest absolute Gasteiger partial charge is 0.505 e. The first-order chi connectivity index (χ1) is 10.2. The van der Waals surface area contributed by atoms with Gasteiger partial charge in [0.25, 0.3) is 6.43 Å². The number of nitrogens with zero attached hydrogens (tertiary/aromatic N) is 1. The number of nitrogens with one attached hydrogen (secondary N) is 1. The quantitative estimate of drug-likeness (QED) is 0.838. The molecule has 2 rings (SSSR count). The average molecular weight is 328 g/mol. The maximum atomic E-state index is 13.4. The number of rotatable bonds is 3. The normalized spacial score (nSPS) is 18.7. The highest BCUT2D eigenvalue weighted by Crippen LogP contribution is 2.43. The Balaban J connectivity index is 2.57. The van der Waals surface area contributed by atoms with Gasteiger partial charge in [-0.2, -0.15) is 13.2 Å². The minimum absolute atomic E-state index is 0.0717. The molecule has 0 saturated carbocycles. The molecule has 124 valence electrons. The molecule has 2 N–H and O–H groups in total. The lowest BCUT2D eigenvalue weighted by molar-refractivity contribution is -0.139. The second kappa shape index (κ2) is 6.33. The monoisotopic (exact) mass is 328 g/mol. The molecule has 0 unspecified atom stereocenters. The number of halogens is 6. The Kier molecular flexibility index (Phi) is 4.86. The maximum Gasteiger partial charge on any atom is 0.416 e. The Morgan fingerprint density at radius 1 is 1.14 bits per heavy atom. The smallest absolute Gasteiger partial charge is 0.416 e. The number of piperazine rings is 1. The van der Waals surface area contributed by atoms with E-state index in [2.05, 4.69) is 5.32 Å². The van der Waals surface area contributed by atoms with Crippen LogP contribution in [-0.2, 0) is 6.18 Å². The van der Waals surface area contributed by atoms with E-state index >= 15 is 0 Å². The van der Waals surface area contributed by atoms with Crippen molar-refractivity contribution in [2.45, 2.75) is 18.6 Å². The van der Waals surface area contributed by atoms with E-state index < -0.39 is 41.3 Å². The van der Waals surface area contributed by atoms with Crippen LogP contribution in [0, 0.1) is 5.82 Å². The molecule has 0 amide bonds. The SMILES string of the molecule is Oc1c(F)ccc(C(F)(F)F)c1[C@@H](C(F)F)N1CCNCC1. The molecule has 1 aliphatic heterocycles. The molecule has 1 aromatic carbocycles. The molecule has 0 aliphatic carbocycles. The molecule has 1 aromatic rings. The summed E-state index contributed by atoms with van der Waals surface area (Å²) in [4.78, 5) is 1.12. The molecule has 0 bridgehead atoms. The summed E-state index contributed by atoms with van der Waals surface area (Å²) >= 11 is 0. The summed E-state index contributed by atoms with van der Waals surface area (Å²) in [6, 6.07) is -1.22. The van der Waals surface area contributed by atoms with Gasteiger partial charge >= 0.3 is 6.18 Å². The zero-order chi connectivity index (χ0) is 16.5. The van der Waals surface area contributed by atoms with Crippen molar-refractivity contribution in [3.05, 3.63) is 29.1 Å². The van der Waals surface area contributed by atoms with Gasteiger partial charge in [0.2, 0.25) is 0 Å². The number of alkyl halides is 5. The third kappa shape index (κ3) is 3.30. The van der Waals surface area contributed by atoms with Gasteiger partial charge in [0.1, 0.15) is 6.04 Å². The minimum Gasteiger partial charge on any atom is -0.505 e. The Bertz CT molecular complexity index is 528. The number of hydrogen-bond acceptors (Lipinski definition) is 3. The topological polar surface area (TPSA) is 35.5 Å². The van der Waals surface area contributed by atoms with Crippen molar-refractivity contribution in [1.29, 1.82) is 0 Å². The molecule has 9 heteroatoms. The standard InChI is InChI=1S/C13H14F6N2O/c14-8-2-1-7(13(17,18)19)9(11(8)22)10(12(15)16)21-5-3-20-4-6-21/h1-2,10,12,20,22H,3-6H2/t10-/m0/s1. The third-order valence-corrected chi connectivity index (χ3v) is 3.55. The van der Waals surface area contributed by atoms with Gasteiger partial charge < -0.3 is 10.4 Å². The fraction of sp³-hybridized carbons (Fsp3) is 0.538. The average Bonchev–Trinajstić information content (AvgIpc) is 2.43. The van der Waals surface area contributed by atoms with E-state index in [1.165, 1.54) is 0 Å². The number of phenolic OH excluding ortho intramolecular Hbond substituents is 1. The second-order valence-electron chi connectivity index (χ2n) is 4.92. The predicted octanol–water partition coefficient (Wildman–Crippen LogP) is 2.76. The van der Waals surface area contributed by atoms with Crippen LogP contribution in [0.1, 0.15) is 17.2 Å². The van der Waals surface area contributed by atoms with Gasteiger partial charge in [0.15, 0.2) is 11.6 Å². The van der Waals surface area contributed by atoms with Crippen LogP contribution in [0.5, 0.6) is 5.75 Å². The zero-order valence-corrected chi connectivity index (χ0v) is 11.3. The molecule has 0 radical (unpaired) electrons. The molecule has 0 aromatic heterocycles. The van der Waals surface area contributed by atoms with Gasteiger partial charge in [0, 0.05) is 31.7 Å². The minimum atomic E-state index is -4.97. The first kappa shape index (κ1) is 16.9. The van der Waals surface area contributed by atoms with E-state index in [1.807, 2.05) is 0 Å². The van der Waals surface area contributed by atoms with Crippen LogP contribution in [-0.4, -0.2) is 42.6 Å². The Morgan fingerprint density at radius 3 is 2.23 bits per heavy atom. The van der Waals surface area contributed by atoms with Crippen LogP contribution in [0.3, 0.4) is 0 Å². The van der Waals surface area contributed by atoms with Gasteiger partial charge in [-0.05, 0) is 12.1 Å². The highest BCUT2D eigenvalue weighted by Gasteiger charge is 2.42. The lowest BCUT2D eigenvalue weighted by Gasteiger charge is -2.36.